The first-order chi connectivity index (χ1) is 15.3. The minimum absolute atomic E-state index is 0.0663. The fraction of sp³-hybridized carbons (Fsp3) is 0.0455. The number of nitro benzene ring substituents is 1. The molecule has 160 valence electrons. The fourth-order valence-electron chi connectivity index (χ4n) is 3.35. The van der Waals surface area contributed by atoms with Crippen molar-refractivity contribution in [2.75, 3.05) is 5.32 Å². The third kappa shape index (κ3) is 3.81. The van der Waals surface area contributed by atoms with E-state index in [9.17, 15) is 19.7 Å². The number of amides is 1. The predicted molar refractivity (Wildman–Crippen MR) is 123 cm³/mol. The summed E-state index contributed by atoms with van der Waals surface area (Å²) in [4.78, 5) is 40.2. The Morgan fingerprint density at radius 2 is 1.94 bits per heavy atom. The van der Waals surface area contributed by atoms with E-state index in [1.165, 1.54) is 34.9 Å². The summed E-state index contributed by atoms with van der Waals surface area (Å²) in [7, 11) is 1.63. The highest BCUT2D eigenvalue weighted by Gasteiger charge is 2.20. The molecule has 2 heterocycles. The molecule has 0 saturated heterocycles. The zero-order valence-electron chi connectivity index (χ0n) is 16.5. The monoisotopic (exact) mass is 468 g/mol. The van der Waals surface area contributed by atoms with Gasteiger partial charge in [-0.05, 0) is 30.3 Å². The molecule has 0 spiro atoms. The molecule has 10 heteroatoms. The normalized spacial score (nSPS) is 10.8. The van der Waals surface area contributed by atoms with Crippen LogP contribution in [0, 0.1) is 10.1 Å². The molecule has 0 fully saturated rings. The van der Waals surface area contributed by atoms with E-state index in [0.717, 1.165) is 6.07 Å². The number of fused-ring (bicyclic) bond motifs is 1. The van der Waals surface area contributed by atoms with E-state index in [4.69, 9.17) is 23.2 Å². The third-order valence-corrected chi connectivity index (χ3v) is 5.66. The standard InChI is InChI=1S/C22H14Cl2N4O4/c1-27-18-7-8-25-11-13(18)10-15(22(27)30)19-16(23)5-6-17(20(19)24)26-21(29)12-3-2-4-14(9-12)28(31)32/h2-11H,1H3,(H,26,29). The number of pyridine rings is 2. The number of aryl methyl sites for hydroxylation is 1. The summed E-state index contributed by atoms with van der Waals surface area (Å²) >= 11 is 13.0. The third-order valence-electron chi connectivity index (χ3n) is 4.95. The summed E-state index contributed by atoms with van der Waals surface area (Å²) in [5.74, 6) is -0.598. The lowest BCUT2D eigenvalue weighted by molar-refractivity contribution is -0.384. The van der Waals surface area contributed by atoms with Crippen molar-refractivity contribution in [1.82, 2.24) is 9.55 Å². The van der Waals surface area contributed by atoms with Crippen molar-refractivity contribution in [1.29, 1.82) is 0 Å². The van der Waals surface area contributed by atoms with Gasteiger partial charge in [0, 0.05) is 48.1 Å². The van der Waals surface area contributed by atoms with Crippen LogP contribution in [-0.2, 0) is 7.05 Å². The number of aromatic nitrogens is 2. The van der Waals surface area contributed by atoms with Crippen molar-refractivity contribution in [2.24, 2.45) is 7.05 Å². The highest BCUT2D eigenvalue weighted by atomic mass is 35.5. The lowest BCUT2D eigenvalue weighted by atomic mass is 10.0. The second-order valence-corrected chi connectivity index (χ2v) is 7.69. The van der Waals surface area contributed by atoms with Crippen LogP contribution in [-0.4, -0.2) is 20.4 Å². The maximum Gasteiger partial charge on any atom is 0.270 e. The number of carbonyl (C=O) groups is 1. The quantitative estimate of drug-likeness (QED) is 0.332. The van der Waals surface area contributed by atoms with Gasteiger partial charge >= 0.3 is 0 Å². The van der Waals surface area contributed by atoms with Crippen molar-refractivity contribution < 1.29 is 9.72 Å². The van der Waals surface area contributed by atoms with Gasteiger partial charge in [-0.3, -0.25) is 24.7 Å². The number of nitrogens with one attached hydrogen (secondary N) is 1. The Hall–Kier alpha value is -3.75. The van der Waals surface area contributed by atoms with Gasteiger partial charge in [0.25, 0.3) is 17.2 Å². The van der Waals surface area contributed by atoms with Crippen molar-refractivity contribution in [3.63, 3.8) is 0 Å². The van der Waals surface area contributed by atoms with Gasteiger partial charge in [-0.25, -0.2) is 0 Å². The molecule has 8 nitrogen and oxygen atoms in total. The fourth-order valence-corrected chi connectivity index (χ4v) is 3.98. The zero-order chi connectivity index (χ0) is 23.0. The van der Waals surface area contributed by atoms with E-state index >= 15 is 0 Å². The Bertz CT molecular complexity index is 1470. The van der Waals surface area contributed by atoms with Crippen LogP contribution in [0.4, 0.5) is 11.4 Å². The van der Waals surface area contributed by atoms with E-state index < -0.39 is 10.8 Å². The Labute approximate surface area is 191 Å². The molecule has 0 atom stereocenters. The average Bonchev–Trinajstić information content (AvgIpc) is 2.79. The number of anilines is 1. The summed E-state index contributed by atoms with van der Waals surface area (Å²) in [6.45, 7) is 0. The topological polar surface area (TPSA) is 107 Å². The first-order valence-electron chi connectivity index (χ1n) is 9.26. The van der Waals surface area contributed by atoms with Crippen LogP contribution in [0.1, 0.15) is 10.4 Å². The molecule has 0 aliphatic carbocycles. The Kier molecular flexibility index (Phi) is 5.65. The highest BCUT2D eigenvalue weighted by molar-refractivity contribution is 6.41. The molecule has 2 aromatic heterocycles. The molecule has 0 radical (unpaired) electrons. The van der Waals surface area contributed by atoms with Crippen molar-refractivity contribution >= 4 is 51.4 Å². The van der Waals surface area contributed by atoms with Gasteiger partial charge in [0.05, 0.1) is 31.7 Å². The Morgan fingerprint density at radius 3 is 2.69 bits per heavy atom. The lowest BCUT2D eigenvalue weighted by Crippen LogP contribution is -2.19. The molecular weight excluding hydrogens is 455 g/mol. The molecule has 32 heavy (non-hydrogen) atoms. The zero-order valence-corrected chi connectivity index (χ0v) is 18.0. The largest absolute Gasteiger partial charge is 0.321 e. The maximum atomic E-state index is 13.0. The highest BCUT2D eigenvalue weighted by Crippen LogP contribution is 2.39. The first-order valence-corrected chi connectivity index (χ1v) is 10.0. The van der Waals surface area contributed by atoms with Gasteiger partial charge < -0.3 is 9.88 Å². The second-order valence-electron chi connectivity index (χ2n) is 6.90. The van der Waals surface area contributed by atoms with Crippen molar-refractivity contribution in [3.05, 3.63) is 97.0 Å². The van der Waals surface area contributed by atoms with Gasteiger partial charge in [-0.2, -0.15) is 0 Å². The molecule has 0 aliphatic heterocycles. The minimum Gasteiger partial charge on any atom is -0.321 e. The van der Waals surface area contributed by atoms with Crippen molar-refractivity contribution in [2.45, 2.75) is 0 Å². The number of benzene rings is 2. The van der Waals surface area contributed by atoms with Crippen molar-refractivity contribution in [3.8, 4) is 11.1 Å². The molecule has 1 N–H and O–H groups in total. The lowest BCUT2D eigenvalue weighted by Gasteiger charge is -2.14. The predicted octanol–water partition coefficient (Wildman–Crippen LogP) is 5.07. The van der Waals surface area contributed by atoms with Crippen LogP contribution in [0.15, 0.2) is 65.7 Å². The molecule has 1 amide bonds. The molecule has 0 unspecified atom stereocenters. The SMILES string of the molecule is Cn1c(=O)c(-c2c(Cl)ccc(NC(=O)c3cccc([N+](=O)[O-])c3)c2Cl)cc2cnccc21. The number of hydrogen-bond donors (Lipinski definition) is 1. The Balaban J connectivity index is 1.79. The number of nitro groups is 1. The van der Waals surface area contributed by atoms with Gasteiger partial charge in [0.2, 0.25) is 0 Å². The summed E-state index contributed by atoms with van der Waals surface area (Å²) in [6, 6.07) is 11.7. The number of nitrogens with zero attached hydrogens (tertiary/aromatic N) is 3. The van der Waals surface area contributed by atoms with E-state index in [0.29, 0.717) is 10.9 Å². The smallest absolute Gasteiger partial charge is 0.270 e. The summed E-state index contributed by atoms with van der Waals surface area (Å²) in [5.41, 5.74) is 0.945. The molecule has 0 aliphatic rings. The number of rotatable bonds is 4. The van der Waals surface area contributed by atoms with Crippen LogP contribution in [0.25, 0.3) is 22.0 Å². The van der Waals surface area contributed by atoms with E-state index in [1.807, 2.05) is 0 Å². The van der Waals surface area contributed by atoms with E-state index in [2.05, 4.69) is 10.3 Å². The van der Waals surface area contributed by atoms with Gasteiger partial charge in [0.15, 0.2) is 0 Å². The Morgan fingerprint density at radius 1 is 1.16 bits per heavy atom. The molecule has 0 bridgehead atoms. The van der Waals surface area contributed by atoms with Crippen LogP contribution < -0.4 is 10.9 Å². The van der Waals surface area contributed by atoms with Gasteiger partial charge in [-0.1, -0.05) is 29.3 Å². The van der Waals surface area contributed by atoms with E-state index in [-0.39, 0.29) is 43.7 Å². The number of halogens is 2. The number of non-ortho nitro benzene ring substituents is 1. The second kappa shape index (κ2) is 8.41. The van der Waals surface area contributed by atoms with Gasteiger partial charge in [-0.15, -0.1) is 0 Å². The first kappa shape index (κ1) is 21.5. The van der Waals surface area contributed by atoms with Gasteiger partial charge in [0.1, 0.15) is 0 Å². The number of carbonyl (C=O) groups excluding carboxylic acids is 1. The maximum absolute atomic E-state index is 13.0. The van der Waals surface area contributed by atoms with Crippen LogP contribution >= 0.6 is 23.2 Å². The molecule has 0 saturated carbocycles. The van der Waals surface area contributed by atoms with Crippen LogP contribution in [0.3, 0.4) is 0 Å². The number of hydrogen-bond acceptors (Lipinski definition) is 5. The molecule has 4 rings (SSSR count). The molecular formula is C22H14Cl2N4O4. The average molecular weight is 469 g/mol. The summed E-state index contributed by atoms with van der Waals surface area (Å²) in [6.07, 6.45) is 3.21. The van der Waals surface area contributed by atoms with E-state index in [1.54, 1.807) is 31.6 Å². The summed E-state index contributed by atoms with van der Waals surface area (Å²) < 4.78 is 1.47. The summed E-state index contributed by atoms with van der Waals surface area (Å²) in [5, 5.41) is 14.6. The molecule has 4 aromatic rings. The molecule has 2 aromatic carbocycles. The van der Waals surface area contributed by atoms with Crippen LogP contribution in [0.2, 0.25) is 10.0 Å². The van der Waals surface area contributed by atoms with Crippen LogP contribution in [0.5, 0.6) is 0 Å². The minimum atomic E-state index is -0.598.